The summed E-state index contributed by atoms with van der Waals surface area (Å²) in [6.07, 6.45) is 1.81. The van der Waals surface area contributed by atoms with Crippen LogP contribution in [0.15, 0.2) is 22.8 Å². The van der Waals surface area contributed by atoms with E-state index in [1.54, 1.807) is 6.26 Å². The molecule has 84 valence electrons. The second kappa shape index (κ2) is 4.87. The number of carbonyl (C=O) groups excluding carboxylic acids is 1. The van der Waals surface area contributed by atoms with Crippen molar-refractivity contribution < 1.29 is 13.9 Å². The molecule has 0 aliphatic rings. The number of ether oxygens (including phenoxy) is 1. The number of hydrogen-bond acceptors (Lipinski definition) is 3. The van der Waals surface area contributed by atoms with Crippen molar-refractivity contribution >= 4 is 6.09 Å². The van der Waals surface area contributed by atoms with E-state index in [1.807, 2.05) is 32.9 Å². The second-order valence-corrected chi connectivity index (χ2v) is 4.34. The average molecular weight is 211 g/mol. The zero-order valence-electron chi connectivity index (χ0n) is 9.37. The molecule has 0 atom stereocenters. The van der Waals surface area contributed by atoms with Gasteiger partial charge in [-0.1, -0.05) is 0 Å². The molecule has 1 rings (SSSR count). The van der Waals surface area contributed by atoms with E-state index in [1.165, 1.54) is 0 Å². The summed E-state index contributed by atoms with van der Waals surface area (Å²) in [4.78, 5) is 11.2. The minimum Gasteiger partial charge on any atom is -0.469 e. The van der Waals surface area contributed by atoms with Crippen molar-refractivity contribution in [3.8, 4) is 0 Å². The number of hydrogen-bond donors (Lipinski definition) is 1. The van der Waals surface area contributed by atoms with Gasteiger partial charge < -0.3 is 14.5 Å². The van der Waals surface area contributed by atoms with Crippen LogP contribution >= 0.6 is 0 Å². The molecule has 0 unspecified atom stereocenters. The van der Waals surface area contributed by atoms with Crippen LogP contribution in [-0.2, 0) is 11.2 Å². The van der Waals surface area contributed by atoms with Crippen LogP contribution in [-0.4, -0.2) is 18.2 Å². The van der Waals surface area contributed by atoms with Gasteiger partial charge in [0.2, 0.25) is 0 Å². The molecule has 0 saturated carbocycles. The average Bonchev–Trinajstić information content (AvgIpc) is 2.53. The Bertz CT molecular complexity index is 298. The number of carbonyl (C=O) groups is 1. The summed E-state index contributed by atoms with van der Waals surface area (Å²) in [6.45, 7) is 6.04. The summed E-state index contributed by atoms with van der Waals surface area (Å²) in [5, 5.41) is 2.71. The number of furan rings is 1. The Balaban J connectivity index is 2.18. The summed E-state index contributed by atoms with van der Waals surface area (Å²) in [5.41, 5.74) is -0.262. The van der Waals surface area contributed by atoms with Crippen molar-refractivity contribution in [2.75, 3.05) is 6.61 Å². The van der Waals surface area contributed by atoms with Crippen molar-refractivity contribution in [2.45, 2.75) is 32.7 Å². The molecule has 0 aliphatic carbocycles. The summed E-state index contributed by atoms with van der Waals surface area (Å²) in [7, 11) is 0. The highest BCUT2D eigenvalue weighted by atomic mass is 16.5. The molecule has 1 aromatic rings. The number of nitrogens with one attached hydrogen (secondary N) is 1. The zero-order chi connectivity index (χ0) is 11.3. The molecular weight excluding hydrogens is 194 g/mol. The zero-order valence-corrected chi connectivity index (χ0v) is 9.37. The Hall–Kier alpha value is -1.45. The summed E-state index contributed by atoms with van der Waals surface area (Å²) >= 11 is 0. The minimum absolute atomic E-state index is 0.262. The molecule has 1 amide bonds. The van der Waals surface area contributed by atoms with Gasteiger partial charge in [-0.2, -0.15) is 0 Å². The number of amides is 1. The normalized spacial score (nSPS) is 11.1. The monoisotopic (exact) mass is 211 g/mol. The largest absolute Gasteiger partial charge is 0.469 e. The Morgan fingerprint density at radius 2 is 2.27 bits per heavy atom. The third kappa shape index (κ3) is 5.10. The van der Waals surface area contributed by atoms with Crippen molar-refractivity contribution in [3.05, 3.63) is 24.2 Å². The van der Waals surface area contributed by atoms with Crippen LogP contribution in [0.25, 0.3) is 0 Å². The van der Waals surface area contributed by atoms with Gasteiger partial charge in [0.25, 0.3) is 0 Å². The van der Waals surface area contributed by atoms with Crippen molar-refractivity contribution in [2.24, 2.45) is 0 Å². The van der Waals surface area contributed by atoms with E-state index in [9.17, 15) is 4.79 Å². The first-order valence-electron chi connectivity index (χ1n) is 4.95. The molecule has 15 heavy (non-hydrogen) atoms. The number of alkyl carbamates (subject to hydrolysis) is 1. The van der Waals surface area contributed by atoms with Gasteiger partial charge in [-0.15, -0.1) is 0 Å². The van der Waals surface area contributed by atoms with Crippen LogP contribution in [0.2, 0.25) is 0 Å². The SMILES string of the molecule is CC(C)(C)NC(=O)OCCc1ccco1. The quantitative estimate of drug-likeness (QED) is 0.834. The highest BCUT2D eigenvalue weighted by Crippen LogP contribution is 2.02. The fraction of sp³-hybridized carbons (Fsp3) is 0.545. The molecule has 0 radical (unpaired) electrons. The standard InChI is InChI=1S/C11H17NO3/c1-11(2,3)12-10(13)15-8-6-9-5-4-7-14-9/h4-5,7H,6,8H2,1-3H3,(H,12,13). The maximum Gasteiger partial charge on any atom is 0.407 e. The van der Waals surface area contributed by atoms with E-state index in [0.717, 1.165) is 5.76 Å². The molecule has 4 heteroatoms. The molecule has 1 aromatic heterocycles. The molecular formula is C11H17NO3. The van der Waals surface area contributed by atoms with Gasteiger partial charge in [-0.05, 0) is 32.9 Å². The highest BCUT2D eigenvalue weighted by Gasteiger charge is 2.14. The molecule has 4 nitrogen and oxygen atoms in total. The van der Waals surface area contributed by atoms with Crippen LogP contribution in [0.3, 0.4) is 0 Å². The van der Waals surface area contributed by atoms with Crippen LogP contribution < -0.4 is 5.32 Å². The summed E-state index contributed by atoms with van der Waals surface area (Å²) in [5.74, 6) is 0.818. The van der Waals surface area contributed by atoms with Crippen molar-refractivity contribution in [1.82, 2.24) is 5.32 Å². The maximum absolute atomic E-state index is 11.2. The molecule has 1 N–H and O–H groups in total. The van der Waals surface area contributed by atoms with Gasteiger partial charge in [-0.25, -0.2) is 4.79 Å². The van der Waals surface area contributed by atoms with E-state index in [0.29, 0.717) is 13.0 Å². The lowest BCUT2D eigenvalue weighted by Crippen LogP contribution is -2.41. The Labute approximate surface area is 89.6 Å². The highest BCUT2D eigenvalue weighted by molar-refractivity contribution is 5.68. The third-order valence-electron chi connectivity index (χ3n) is 1.64. The summed E-state index contributed by atoms with van der Waals surface area (Å²) < 4.78 is 10.1. The number of rotatable bonds is 3. The van der Waals surface area contributed by atoms with Crippen LogP contribution in [0.1, 0.15) is 26.5 Å². The molecule has 0 aliphatic heterocycles. The Morgan fingerprint density at radius 3 is 2.80 bits per heavy atom. The first kappa shape index (κ1) is 11.6. The third-order valence-corrected chi connectivity index (χ3v) is 1.64. The molecule has 1 heterocycles. The van der Waals surface area contributed by atoms with E-state index in [2.05, 4.69) is 5.32 Å². The summed E-state index contributed by atoms with van der Waals surface area (Å²) in [6, 6.07) is 3.66. The van der Waals surface area contributed by atoms with Crippen molar-refractivity contribution in [3.63, 3.8) is 0 Å². The lowest BCUT2D eigenvalue weighted by Gasteiger charge is -2.19. The van der Waals surface area contributed by atoms with Gasteiger partial charge in [0.05, 0.1) is 6.26 Å². The first-order valence-corrected chi connectivity index (χ1v) is 4.95. The van der Waals surface area contributed by atoms with Crippen LogP contribution in [0.4, 0.5) is 4.79 Å². The molecule has 0 aromatic carbocycles. The maximum atomic E-state index is 11.2. The van der Waals surface area contributed by atoms with Gasteiger partial charge in [0.1, 0.15) is 12.4 Å². The predicted molar refractivity (Wildman–Crippen MR) is 56.6 cm³/mol. The van der Waals surface area contributed by atoms with Crippen LogP contribution in [0, 0.1) is 0 Å². The topological polar surface area (TPSA) is 51.5 Å². The molecule has 0 fully saturated rings. The molecule has 0 saturated heterocycles. The van der Waals surface area contributed by atoms with Gasteiger partial charge in [-0.3, -0.25) is 0 Å². The van der Waals surface area contributed by atoms with Gasteiger partial charge in [0.15, 0.2) is 0 Å². The second-order valence-electron chi connectivity index (χ2n) is 4.34. The predicted octanol–water partition coefficient (Wildman–Crippen LogP) is 2.35. The van der Waals surface area contributed by atoms with Crippen LogP contribution in [0.5, 0.6) is 0 Å². The first-order chi connectivity index (χ1) is 6.97. The lowest BCUT2D eigenvalue weighted by molar-refractivity contribution is 0.137. The van der Waals surface area contributed by atoms with Gasteiger partial charge >= 0.3 is 6.09 Å². The van der Waals surface area contributed by atoms with E-state index in [4.69, 9.17) is 9.15 Å². The van der Waals surface area contributed by atoms with E-state index in [-0.39, 0.29) is 5.54 Å². The van der Waals surface area contributed by atoms with Crippen molar-refractivity contribution in [1.29, 1.82) is 0 Å². The van der Waals surface area contributed by atoms with Gasteiger partial charge in [0, 0.05) is 12.0 Å². The fourth-order valence-electron chi connectivity index (χ4n) is 1.04. The lowest BCUT2D eigenvalue weighted by atomic mass is 10.1. The molecule has 0 bridgehead atoms. The molecule has 0 spiro atoms. The fourth-order valence-corrected chi connectivity index (χ4v) is 1.04. The Kier molecular flexibility index (Phi) is 3.77. The van der Waals surface area contributed by atoms with E-state index >= 15 is 0 Å². The smallest absolute Gasteiger partial charge is 0.407 e. The Morgan fingerprint density at radius 1 is 1.53 bits per heavy atom. The minimum atomic E-state index is -0.394. The van der Waals surface area contributed by atoms with E-state index < -0.39 is 6.09 Å².